The van der Waals surface area contributed by atoms with Crippen LogP contribution in [0.15, 0.2) is 60.8 Å². The fraction of sp³-hybridized carbons (Fsp3) is 0.400. The Kier molecular flexibility index (Phi) is 13.0. The summed E-state index contributed by atoms with van der Waals surface area (Å²) in [4.78, 5) is 16.9. The third-order valence-electron chi connectivity index (χ3n) is 7.03. The molecule has 1 saturated carbocycles. The van der Waals surface area contributed by atoms with Crippen LogP contribution in [0.4, 0.5) is 0 Å². The average Bonchev–Trinajstić information content (AvgIpc) is 2.96. The molecule has 0 aliphatic heterocycles. The average molecular weight is 639 g/mol. The van der Waals surface area contributed by atoms with E-state index in [-0.39, 0.29) is 24.1 Å². The number of benzene rings is 2. The third kappa shape index (κ3) is 9.93. The first-order valence-corrected chi connectivity index (χ1v) is 15.8. The Hall–Kier alpha value is -2.73. The van der Waals surface area contributed by atoms with Crippen molar-refractivity contribution in [3.05, 3.63) is 82.6 Å². The van der Waals surface area contributed by atoms with Crippen LogP contribution in [0.5, 0.6) is 5.75 Å². The summed E-state index contributed by atoms with van der Waals surface area (Å²) in [5.41, 5.74) is 3.73. The van der Waals surface area contributed by atoms with E-state index in [1.54, 1.807) is 36.5 Å². The lowest BCUT2D eigenvalue weighted by Gasteiger charge is -2.24. The number of hydrogen-bond donors (Lipinski definition) is 4. The molecule has 1 aliphatic carbocycles. The number of amides is 1. The molecule has 1 atom stereocenters. The molecule has 0 saturated heterocycles. The maximum atomic E-state index is 12.9. The molecule has 0 radical (unpaired) electrons. The van der Waals surface area contributed by atoms with Gasteiger partial charge >= 0.3 is 0 Å². The zero-order chi connectivity index (χ0) is 29.2. The molecule has 9 nitrogen and oxygen atoms in total. The first kappa shape index (κ1) is 33.8. The second-order valence-corrected chi connectivity index (χ2v) is 12.4. The van der Waals surface area contributed by atoms with Gasteiger partial charge in [-0.2, -0.15) is 0 Å². The van der Waals surface area contributed by atoms with Crippen molar-refractivity contribution < 1.29 is 28.2 Å². The number of carbonyl (C=O) groups excluding carboxylic acids is 1. The number of nitrogens with zero attached hydrogens (tertiary/aromatic N) is 1. The normalized spacial score (nSPS) is 14.5. The molecule has 12 heteroatoms. The summed E-state index contributed by atoms with van der Waals surface area (Å²) in [6, 6.07) is 16.6. The molecule has 228 valence electrons. The second-order valence-electron chi connectivity index (χ2n) is 10.1. The molecule has 1 amide bonds. The van der Waals surface area contributed by atoms with E-state index < -0.39 is 34.4 Å². The van der Waals surface area contributed by atoms with Crippen molar-refractivity contribution in [2.45, 2.75) is 50.7 Å². The quantitative estimate of drug-likeness (QED) is 0.159. The van der Waals surface area contributed by atoms with E-state index in [0.29, 0.717) is 29.6 Å². The minimum atomic E-state index is -3.96. The number of hydrogen-bond acceptors (Lipinski definition) is 8. The lowest BCUT2D eigenvalue weighted by Crippen LogP contribution is -2.34. The SMILES string of the molecule is Cl.O=C(NS(=O)(=O)CCO)c1ccc(-c2ccc(CCNC[C@@H](O)c3ccc(Cl)nc3)cc2)cc1OC1CCCCC1. The predicted molar refractivity (Wildman–Crippen MR) is 166 cm³/mol. The zero-order valence-electron chi connectivity index (χ0n) is 23.2. The Balaban J connectivity index is 0.00000484. The van der Waals surface area contributed by atoms with Gasteiger partial charge in [-0.15, -0.1) is 12.4 Å². The zero-order valence-corrected chi connectivity index (χ0v) is 25.6. The summed E-state index contributed by atoms with van der Waals surface area (Å²) in [5.74, 6) is -0.998. The predicted octanol–water partition coefficient (Wildman–Crippen LogP) is 4.45. The van der Waals surface area contributed by atoms with Gasteiger partial charge in [0.25, 0.3) is 5.91 Å². The van der Waals surface area contributed by atoms with Crippen LogP contribution in [0.1, 0.15) is 59.7 Å². The summed E-state index contributed by atoms with van der Waals surface area (Å²) in [7, 11) is -3.96. The van der Waals surface area contributed by atoms with Crippen LogP contribution in [0.25, 0.3) is 11.1 Å². The number of ether oxygens (including phenoxy) is 1. The smallest absolute Gasteiger partial charge is 0.268 e. The number of pyridine rings is 1. The lowest BCUT2D eigenvalue weighted by molar-refractivity contribution is 0.0969. The molecule has 1 aliphatic rings. The van der Waals surface area contributed by atoms with Gasteiger partial charge < -0.3 is 20.3 Å². The number of sulfonamides is 1. The Bertz CT molecular complexity index is 1400. The van der Waals surface area contributed by atoms with Gasteiger partial charge in [-0.05, 0) is 73.5 Å². The van der Waals surface area contributed by atoms with Crippen LogP contribution in [-0.4, -0.2) is 61.1 Å². The first-order chi connectivity index (χ1) is 19.7. The van der Waals surface area contributed by atoms with Gasteiger partial charge in [0.2, 0.25) is 10.0 Å². The highest BCUT2D eigenvalue weighted by atomic mass is 35.5. The molecular weight excluding hydrogens is 601 g/mol. The summed E-state index contributed by atoms with van der Waals surface area (Å²) < 4.78 is 32.4. The number of carbonyl (C=O) groups is 1. The van der Waals surface area contributed by atoms with Gasteiger partial charge in [-0.1, -0.05) is 54.4 Å². The van der Waals surface area contributed by atoms with Crippen molar-refractivity contribution >= 4 is 39.9 Å². The van der Waals surface area contributed by atoms with Gasteiger partial charge in [-0.25, -0.2) is 18.1 Å². The molecule has 4 N–H and O–H groups in total. The Morgan fingerprint density at radius 3 is 2.43 bits per heavy atom. The van der Waals surface area contributed by atoms with Gasteiger partial charge in [-0.3, -0.25) is 4.79 Å². The van der Waals surface area contributed by atoms with E-state index >= 15 is 0 Å². The molecule has 0 unspecified atom stereocenters. The molecule has 1 fully saturated rings. The van der Waals surface area contributed by atoms with E-state index in [9.17, 15) is 18.3 Å². The molecule has 3 aromatic rings. The van der Waals surface area contributed by atoms with Crippen LogP contribution >= 0.6 is 24.0 Å². The molecule has 4 rings (SSSR count). The van der Waals surface area contributed by atoms with Crippen molar-refractivity contribution in [2.24, 2.45) is 0 Å². The minimum Gasteiger partial charge on any atom is -0.490 e. The van der Waals surface area contributed by atoms with Crippen LogP contribution in [0.2, 0.25) is 5.15 Å². The van der Waals surface area contributed by atoms with Crippen molar-refractivity contribution in [3.8, 4) is 16.9 Å². The van der Waals surface area contributed by atoms with Gasteiger partial charge in [0.1, 0.15) is 10.9 Å². The fourth-order valence-electron chi connectivity index (χ4n) is 4.75. The Morgan fingerprint density at radius 2 is 1.76 bits per heavy atom. The fourth-order valence-corrected chi connectivity index (χ4v) is 5.60. The number of nitrogens with one attached hydrogen (secondary N) is 2. The van der Waals surface area contributed by atoms with E-state index in [1.807, 2.05) is 29.0 Å². The van der Waals surface area contributed by atoms with Gasteiger partial charge in [0.15, 0.2) is 0 Å². The van der Waals surface area contributed by atoms with Crippen LogP contribution in [-0.2, 0) is 16.4 Å². The minimum absolute atomic E-state index is 0. The molecule has 42 heavy (non-hydrogen) atoms. The summed E-state index contributed by atoms with van der Waals surface area (Å²) in [6.45, 7) is 0.494. The highest BCUT2D eigenvalue weighted by Crippen LogP contribution is 2.31. The monoisotopic (exact) mass is 637 g/mol. The highest BCUT2D eigenvalue weighted by Gasteiger charge is 2.23. The molecule has 2 aromatic carbocycles. The first-order valence-electron chi connectivity index (χ1n) is 13.8. The maximum Gasteiger partial charge on any atom is 0.268 e. The van der Waals surface area contributed by atoms with Crippen LogP contribution in [0.3, 0.4) is 0 Å². The standard InChI is InChI=1S/C30H36ClN3O6S.ClH/c31-29-13-11-24(19-33-29)27(36)20-32-15-14-21-6-8-22(9-7-21)23-10-12-26(30(37)34-41(38,39)17-16-35)28(18-23)40-25-4-2-1-3-5-25;/h6-13,18-19,25,27,32,35-36H,1-5,14-17,20H2,(H,34,37);1H/t27-;/m1./s1. The number of aliphatic hydroxyl groups is 2. The van der Waals surface area contributed by atoms with Crippen molar-refractivity contribution in [3.63, 3.8) is 0 Å². The number of aliphatic hydroxyl groups excluding tert-OH is 2. The Morgan fingerprint density at radius 1 is 1.05 bits per heavy atom. The van der Waals surface area contributed by atoms with Crippen molar-refractivity contribution in [2.75, 3.05) is 25.4 Å². The Labute approximate surface area is 258 Å². The third-order valence-corrected chi connectivity index (χ3v) is 8.47. The summed E-state index contributed by atoms with van der Waals surface area (Å²) >= 11 is 5.80. The van der Waals surface area contributed by atoms with E-state index in [0.717, 1.165) is 55.2 Å². The van der Waals surface area contributed by atoms with Gasteiger partial charge in [0, 0.05) is 18.3 Å². The largest absolute Gasteiger partial charge is 0.490 e. The van der Waals surface area contributed by atoms with Crippen molar-refractivity contribution in [1.82, 2.24) is 15.0 Å². The molecule has 0 bridgehead atoms. The summed E-state index contributed by atoms with van der Waals surface area (Å²) in [5, 5.41) is 23.0. The maximum absolute atomic E-state index is 12.9. The highest BCUT2D eigenvalue weighted by molar-refractivity contribution is 7.90. The lowest BCUT2D eigenvalue weighted by atomic mass is 9.97. The van der Waals surface area contributed by atoms with E-state index in [1.165, 1.54) is 0 Å². The topological polar surface area (TPSA) is 138 Å². The molecular formula is C30H37Cl2N3O6S. The van der Waals surface area contributed by atoms with E-state index in [2.05, 4.69) is 10.3 Å². The number of aromatic nitrogens is 1. The van der Waals surface area contributed by atoms with Crippen LogP contribution < -0.4 is 14.8 Å². The van der Waals surface area contributed by atoms with E-state index in [4.69, 9.17) is 21.4 Å². The molecule has 1 heterocycles. The van der Waals surface area contributed by atoms with Crippen LogP contribution in [0, 0.1) is 0 Å². The number of rotatable bonds is 13. The summed E-state index contributed by atoms with van der Waals surface area (Å²) in [6.07, 6.45) is 6.62. The van der Waals surface area contributed by atoms with Gasteiger partial charge in [0.05, 0.1) is 30.1 Å². The second kappa shape index (κ2) is 16.2. The number of halogens is 2. The molecule has 1 aromatic heterocycles. The van der Waals surface area contributed by atoms with Crippen molar-refractivity contribution in [1.29, 1.82) is 0 Å². The molecule has 0 spiro atoms.